The molecule has 0 aromatic carbocycles. The van der Waals surface area contributed by atoms with Crippen LogP contribution in [0.1, 0.15) is 19.8 Å². The van der Waals surface area contributed by atoms with Crippen molar-refractivity contribution in [3.05, 3.63) is 7.05 Å². The van der Waals surface area contributed by atoms with Gasteiger partial charge in [-0.25, -0.2) is 0 Å². The van der Waals surface area contributed by atoms with Crippen molar-refractivity contribution < 1.29 is 4.79 Å². The number of rotatable bonds is 2. The minimum atomic E-state index is 0.164. The summed E-state index contributed by atoms with van der Waals surface area (Å²) in [6.45, 7) is 4.66. The smallest absolute Gasteiger partial charge is 0.219 e. The van der Waals surface area contributed by atoms with Gasteiger partial charge in [-0.1, -0.05) is 0 Å². The summed E-state index contributed by atoms with van der Waals surface area (Å²) in [6.07, 6.45) is 2.34. The summed E-state index contributed by atoms with van der Waals surface area (Å²) >= 11 is 0. The standard InChI is InChI=1S/C10H19N2O/c1-9(13)12(3)8-10-4-6-11(2)7-5-10/h10H,2,4-8H2,1,3H3/q-1. The third-order valence-electron chi connectivity index (χ3n) is 2.78. The van der Waals surface area contributed by atoms with Crippen LogP contribution in [0.3, 0.4) is 0 Å². The van der Waals surface area contributed by atoms with Gasteiger partial charge in [-0.3, -0.25) is 11.8 Å². The van der Waals surface area contributed by atoms with Crippen LogP contribution in [0.5, 0.6) is 0 Å². The van der Waals surface area contributed by atoms with Crippen molar-refractivity contribution in [1.29, 1.82) is 0 Å². The molecule has 1 aliphatic heterocycles. The number of hydrogen-bond donors (Lipinski definition) is 0. The fourth-order valence-corrected chi connectivity index (χ4v) is 1.68. The Morgan fingerprint density at radius 3 is 2.54 bits per heavy atom. The van der Waals surface area contributed by atoms with Gasteiger partial charge >= 0.3 is 0 Å². The molecule has 3 nitrogen and oxygen atoms in total. The van der Waals surface area contributed by atoms with Gasteiger partial charge in [0.05, 0.1) is 0 Å². The first-order valence-electron chi connectivity index (χ1n) is 4.86. The van der Waals surface area contributed by atoms with Crippen LogP contribution in [-0.2, 0) is 4.79 Å². The lowest BCUT2D eigenvalue weighted by atomic mass is 9.97. The molecule has 0 aromatic rings. The molecule has 0 radical (unpaired) electrons. The van der Waals surface area contributed by atoms with Crippen molar-refractivity contribution in [2.24, 2.45) is 5.92 Å². The van der Waals surface area contributed by atoms with Gasteiger partial charge < -0.3 is 9.80 Å². The van der Waals surface area contributed by atoms with E-state index in [1.165, 1.54) is 12.8 Å². The van der Waals surface area contributed by atoms with Crippen molar-refractivity contribution in [3.63, 3.8) is 0 Å². The summed E-state index contributed by atoms with van der Waals surface area (Å²) < 4.78 is 0. The predicted molar refractivity (Wildman–Crippen MR) is 53.0 cm³/mol. The Balaban J connectivity index is 2.26. The van der Waals surface area contributed by atoms with Crippen molar-refractivity contribution >= 4 is 5.91 Å². The van der Waals surface area contributed by atoms with Crippen LogP contribution in [0.2, 0.25) is 0 Å². The van der Waals surface area contributed by atoms with Gasteiger partial charge in [0.15, 0.2) is 0 Å². The molecule has 0 aliphatic carbocycles. The van der Waals surface area contributed by atoms with Gasteiger partial charge in [-0.15, -0.1) is 0 Å². The van der Waals surface area contributed by atoms with Gasteiger partial charge in [-0.2, -0.15) is 0 Å². The fraction of sp³-hybridized carbons (Fsp3) is 0.800. The molecule has 0 bridgehead atoms. The first-order valence-corrected chi connectivity index (χ1v) is 4.86. The molecule has 1 amide bonds. The van der Waals surface area contributed by atoms with Crippen LogP contribution in [0.15, 0.2) is 0 Å². The highest BCUT2D eigenvalue weighted by Gasteiger charge is 2.16. The zero-order valence-electron chi connectivity index (χ0n) is 8.62. The Hall–Kier alpha value is -0.570. The minimum absolute atomic E-state index is 0.164. The minimum Gasteiger partial charge on any atom is -0.459 e. The maximum atomic E-state index is 11.0. The molecule has 0 aromatic heterocycles. The Morgan fingerprint density at radius 2 is 2.08 bits per heavy atom. The van der Waals surface area contributed by atoms with E-state index < -0.39 is 0 Å². The summed E-state index contributed by atoms with van der Waals surface area (Å²) in [4.78, 5) is 14.9. The molecule has 1 rings (SSSR count). The first-order chi connectivity index (χ1) is 6.09. The van der Waals surface area contributed by atoms with Gasteiger partial charge in [0.1, 0.15) is 0 Å². The van der Waals surface area contributed by atoms with Crippen LogP contribution in [0.4, 0.5) is 0 Å². The molecule has 0 saturated carbocycles. The van der Waals surface area contributed by atoms with Crippen molar-refractivity contribution in [3.8, 4) is 0 Å². The third kappa shape index (κ3) is 3.35. The summed E-state index contributed by atoms with van der Waals surface area (Å²) in [5, 5.41) is 0. The maximum Gasteiger partial charge on any atom is 0.219 e. The summed E-state index contributed by atoms with van der Waals surface area (Å²) in [5.41, 5.74) is 0. The molecule has 0 N–H and O–H groups in total. The van der Waals surface area contributed by atoms with E-state index in [1.54, 1.807) is 6.92 Å². The molecule has 1 saturated heterocycles. The van der Waals surface area contributed by atoms with Crippen LogP contribution in [0.25, 0.3) is 0 Å². The Kier molecular flexibility index (Phi) is 3.72. The van der Waals surface area contributed by atoms with Crippen LogP contribution in [-0.4, -0.2) is 42.4 Å². The fourth-order valence-electron chi connectivity index (χ4n) is 1.68. The largest absolute Gasteiger partial charge is 0.459 e. The molecule has 0 atom stereocenters. The van der Waals surface area contributed by atoms with E-state index in [4.69, 9.17) is 0 Å². The average molecular weight is 183 g/mol. The third-order valence-corrected chi connectivity index (χ3v) is 2.78. The molecule has 0 spiro atoms. The lowest BCUT2D eigenvalue weighted by Gasteiger charge is -2.35. The summed E-state index contributed by atoms with van der Waals surface area (Å²) in [6, 6.07) is 0. The highest BCUT2D eigenvalue weighted by molar-refractivity contribution is 5.72. The molecule has 1 fully saturated rings. The number of likely N-dealkylation sites (tertiary alicyclic amines) is 1. The molecule has 1 aliphatic rings. The zero-order valence-corrected chi connectivity index (χ0v) is 8.62. The van der Waals surface area contributed by atoms with E-state index in [2.05, 4.69) is 11.9 Å². The monoisotopic (exact) mass is 183 g/mol. The van der Waals surface area contributed by atoms with E-state index in [0.717, 1.165) is 19.6 Å². The average Bonchev–Trinajstić information content (AvgIpc) is 2.08. The Morgan fingerprint density at radius 1 is 1.54 bits per heavy atom. The van der Waals surface area contributed by atoms with E-state index in [1.807, 2.05) is 11.9 Å². The van der Waals surface area contributed by atoms with Gasteiger partial charge in [0.2, 0.25) is 5.91 Å². The second-order valence-electron chi connectivity index (χ2n) is 3.96. The van der Waals surface area contributed by atoms with Gasteiger partial charge in [-0.05, 0) is 31.8 Å². The molecule has 1 heterocycles. The van der Waals surface area contributed by atoms with Crippen molar-refractivity contribution in [2.45, 2.75) is 19.8 Å². The van der Waals surface area contributed by atoms with E-state index in [9.17, 15) is 4.79 Å². The number of nitrogens with zero attached hydrogens (tertiary/aromatic N) is 2. The van der Waals surface area contributed by atoms with E-state index in [0.29, 0.717) is 5.92 Å². The van der Waals surface area contributed by atoms with Gasteiger partial charge in [0, 0.05) is 20.5 Å². The SMILES string of the molecule is [CH2-]N1CCC(CN(C)C(C)=O)CC1. The first kappa shape index (κ1) is 10.5. The lowest BCUT2D eigenvalue weighted by Crippen LogP contribution is -2.36. The van der Waals surface area contributed by atoms with Gasteiger partial charge in [0.25, 0.3) is 0 Å². The normalized spacial score (nSPS) is 20.2. The number of carbonyl (C=O) groups is 1. The number of hydrogen-bond acceptors (Lipinski definition) is 2. The quantitative estimate of drug-likeness (QED) is 0.595. The van der Waals surface area contributed by atoms with Crippen LogP contribution >= 0.6 is 0 Å². The Bertz CT molecular complexity index is 174. The van der Waals surface area contributed by atoms with E-state index >= 15 is 0 Å². The van der Waals surface area contributed by atoms with Crippen LogP contribution < -0.4 is 0 Å². The van der Waals surface area contributed by atoms with Crippen molar-refractivity contribution in [2.75, 3.05) is 26.7 Å². The second kappa shape index (κ2) is 4.61. The number of amides is 1. The lowest BCUT2D eigenvalue weighted by molar-refractivity contribution is -0.128. The van der Waals surface area contributed by atoms with Crippen molar-refractivity contribution in [1.82, 2.24) is 9.80 Å². The topological polar surface area (TPSA) is 23.6 Å². The molecular formula is C10H19N2O-. The highest BCUT2D eigenvalue weighted by atomic mass is 16.2. The Labute approximate surface area is 80.7 Å². The highest BCUT2D eigenvalue weighted by Crippen LogP contribution is 2.16. The number of piperidine rings is 1. The van der Waals surface area contributed by atoms with E-state index in [-0.39, 0.29) is 5.91 Å². The molecule has 3 heteroatoms. The number of carbonyl (C=O) groups excluding carboxylic acids is 1. The second-order valence-corrected chi connectivity index (χ2v) is 3.96. The molecule has 13 heavy (non-hydrogen) atoms. The van der Waals surface area contributed by atoms with Crippen LogP contribution in [0, 0.1) is 13.0 Å². The summed E-state index contributed by atoms with van der Waals surface area (Å²) in [5.74, 6) is 0.837. The zero-order chi connectivity index (χ0) is 9.84. The molecule has 76 valence electrons. The predicted octanol–water partition coefficient (Wildman–Crippen LogP) is 0.968. The molecule has 0 unspecified atom stereocenters. The molecular weight excluding hydrogens is 164 g/mol. The maximum absolute atomic E-state index is 11.0. The summed E-state index contributed by atoms with van der Waals surface area (Å²) in [7, 11) is 5.77.